The molecule has 41 heavy (non-hydrogen) atoms. The number of hydrogen-bond donors (Lipinski definition) is 2. The van der Waals surface area contributed by atoms with Crippen LogP contribution in [0.15, 0.2) is 42.5 Å². The lowest BCUT2D eigenvalue weighted by Gasteiger charge is -2.13. The lowest BCUT2D eigenvalue weighted by Crippen LogP contribution is -2.20. The molecule has 3 aromatic rings. The van der Waals surface area contributed by atoms with Gasteiger partial charge in [0.15, 0.2) is 5.82 Å². The van der Waals surface area contributed by atoms with Crippen molar-refractivity contribution in [3.05, 3.63) is 91.7 Å². The van der Waals surface area contributed by atoms with Crippen molar-refractivity contribution in [1.82, 2.24) is 0 Å². The van der Waals surface area contributed by atoms with Gasteiger partial charge in [-0.3, -0.25) is 14.4 Å². The van der Waals surface area contributed by atoms with Crippen molar-refractivity contribution < 1.29 is 36.3 Å². The zero-order valence-corrected chi connectivity index (χ0v) is 23.8. The largest absolute Gasteiger partial charge is 0.326 e. The van der Waals surface area contributed by atoms with E-state index in [0.29, 0.717) is 11.6 Å². The Hall–Kier alpha value is -2.63. The van der Waals surface area contributed by atoms with Gasteiger partial charge in [-0.05, 0) is 48.0 Å². The molecule has 1 aliphatic rings. The van der Waals surface area contributed by atoms with E-state index in [1.54, 1.807) is 0 Å². The topological polar surface area (TPSA) is 75.3 Å². The highest BCUT2D eigenvalue weighted by Gasteiger charge is 2.67. The van der Waals surface area contributed by atoms with E-state index < -0.39 is 85.9 Å². The molecule has 0 unspecified atom stereocenters. The van der Waals surface area contributed by atoms with Crippen molar-refractivity contribution in [2.24, 2.45) is 5.92 Å². The van der Waals surface area contributed by atoms with Crippen LogP contribution in [0.2, 0.25) is 15.1 Å². The zero-order chi connectivity index (χ0) is 30.4. The third-order valence-electron chi connectivity index (χ3n) is 6.15. The second kappa shape index (κ2) is 11.9. The van der Waals surface area contributed by atoms with Crippen LogP contribution in [0.4, 0.5) is 33.3 Å². The predicted octanol–water partition coefficient (Wildman–Crippen LogP) is 8.22. The lowest BCUT2D eigenvalue weighted by molar-refractivity contribution is -0.128. The van der Waals surface area contributed by atoms with Gasteiger partial charge in [0, 0.05) is 33.6 Å². The van der Waals surface area contributed by atoms with E-state index in [2.05, 4.69) is 5.32 Å². The van der Waals surface area contributed by atoms with Crippen molar-refractivity contribution in [3.8, 4) is 0 Å². The number of hydrogen-bond acceptors (Lipinski definition) is 3. The van der Waals surface area contributed by atoms with Gasteiger partial charge in [0.1, 0.15) is 16.0 Å². The number of anilines is 2. The Bertz CT molecular complexity index is 1570. The van der Waals surface area contributed by atoms with Gasteiger partial charge in [0.25, 0.3) is 12.3 Å². The van der Waals surface area contributed by atoms with Crippen LogP contribution in [0, 0.1) is 23.4 Å². The first kappa shape index (κ1) is 31.3. The number of nitrogens with one attached hydrogen (secondary N) is 2. The van der Waals surface area contributed by atoms with Crippen molar-refractivity contribution >= 4 is 87.0 Å². The maximum atomic E-state index is 14.8. The van der Waals surface area contributed by atoms with E-state index in [-0.39, 0.29) is 15.7 Å². The molecule has 3 aromatic carbocycles. The highest BCUT2D eigenvalue weighted by atomic mass is 35.5. The number of carbonyl (C=O) groups is 3. The Morgan fingerprint density at radius 3 is 2.12 bits per heavy atom. The normalized spacial score (nSPS) is 17.3. The average molecular weight is 675 g/mol. The molecule has 4 rings (SSSR count). The second-order valence-electron chi connectivity index (χ2n) is 8.93. The van der Waals surface area contributed by atoms with Crippen molar-refractivity contribution in [2.45, 2.75) is 23.1 Å². The summed E-state index contributed by atoms with van der Waals surface area (Å²) in [5, 5.41) is 4.26. The molecule has 0 bridgehead atoms. The monoisotopic (exact) mass is 672 g/mol. The molecule has 0 spiro atoms. The molecule has 2 amide bonds. The van der Waals surface area contributed by atoms with Crippen LogP contribution in [-0.4, -0.2) is 28.4 Å². The molecule has 0 aliphatic heterocycles. The van der Waals surface area contributed by atoms with Gasteiger partial charge in [-0.25, -0.2) is 22.0 Å². The standard InChI is InChI=1S/C26H14Cl5F5N2O3/c27-10-3-9(4-11(28)5-10)19-20(26(19,30)31)25(41)37-12-6-14(21(29)16(33)7-12)24(40)38-17-2-1-15(32)13(22(17)34)8-18(39)23(35)36/h1-7,19-20,23H,8H2,(H,37,41)(H,38,40)/t19-,20+/m0/s1. The van der Waals surface area contributed by atoms with E-state index in [1.165, 1.54) is 18.2 Å². The quantitative estimate of drug-likeness (QED) is 0.187. The number of halogens is 10. The molecule has 1 saturated carbocycles. The summed E-state index contributed by atoms with van der Waals surface area (Å²) in [4.78, 5) is 37.2. The molecule has 0 heterocycles. The summed E-state index contributed by atoms with van der Waals surface area (Å²) < 4.78 is 67.1. The summed E-state index contributed by atoms with van der Waals surface area (Å²) in [6, 6.07) is 7.72. The Balaban J connectivity index is 1.56. The second-order valence-corrected chi connectivity index (χ2v) is 11.6. The Kier molecular flexibility index (Phi) is 9.11. The smallest absolute Gasteiger partial charge is 0.296 e. The third-order valence-corrected chi connectivity index (χ3v) is 7.91. The van der Waals surface area contributed by atoms with E-state index >= 15 is 0 Å². The van der Waals surface area contributed by atoms with Crippen LogP contribution in [0.3, 0.4) is 0 Å². The first-order valence-corrected chi connectivity index (χ1v) is 13.2. The van der Waals surface area contributed by atoms with E-state index in [0.717, 1.165) is 18.2 Å². The number of carbonyl (C=O) groups excluding carboxylic acids is 3. The van der Waals surface area contributed by atoms with E-state index in [9.17, 15) is 36.3 Å². The van der Waals surface area contributed by atoms with Crippen LogP contribution in [0.5, 0.6) is 0 Å². The van der Waals surface area contributed by atoms with Crippen LogP contribution < -0.4 is 10.6 Å². The van der Waals surface area contributed by atoms with E-state index in [4.69, 9.17) is 58.0 Å². The number of Topliss-reactive ketones (excluding diaryl/α,β-unsaturated/α-hetero) is 1. The zero-order valence-electron chi connectivity index (χ0n) is 20.0. The van der Waals surface area contributed by atoms with Crippen molar-refractivity contribution in [1.29, 1.82) is 0 Å². The predicted molar refractivity (Wildman–Crippen MR) is 146 cm³/mol. The summed E-state index contributed by atoms with van der Waals surface area (Å²) in [6.07, 6.45) is -4.74. The molecule has 1 fully saturated rings. The molecule has 0 aromatic heterocycles. The minimum Gasteiger partial charge on any atom is -0.326 e. The fourth-order valence-corrected chi connectivity index (χ4v) is 5.73. The van der Waals surface area contributed by atoms with Crippen LogP contribution in [0.1, 0.15) is 27.4 Å². The number of alkyl halides is 4. The molecule has 15 heteroatoms. The van der Waals surface area contributed by atoms with E-state index in [1.807, 2.05) is 5.32 Å². The molecule has 1 aliphatic carbocycles. The fraction of sp³-hybridized carbons (Fsp3) is 0.192. The SMILES string of the molecule is O=C(Nc1ccc(F)c(CC(=O)C(F)F)c1F)c1cc(NC(=O)[C@H]2[C@H](c3cc(Cl)cc(Cl)c3)C2(Cl)Cl)cc(F)c1Cl. The number of rotatable bonds is 8. The summed E-state index contributed by atoms with van der Waals surface area (Å²) >= 11 is 30.6. The Labute approximate surface area is 253 Å². The number of amides is 2. The fourth-order valence-electron chi connectivity index (χ4n) is 4.17. The summed E-state index contributed by atoms with van der Waals surface area (Å²) in [7, 11) is 0. The molecule has 216 valence electrons. The first-order valence-electron chi connectivity index (χ1n) is 11.3. The molecule has 5 nitrogen and oxygen atoms in total. The summed E-state index contributed by atoms with van der Waals surface area (Å²) in [6.45, 7) is 0. The highest BCUT2D eigenvalue weighted by molar-refractivity contribution is 6.53. The Morgan fingerprint density at radius 2 is 1.51 bits per heavy atom. The van der Waals surface area contributed by atoms with Gasteiger partial charge < -0.3 is 10.6 Å². The highest BCUT2D eigenvalue weighted by Crippen LogP contribution is 2.65. The summed E-state index contributed by atoms with van der Waals surface area (Å²) in [5.74, 6) is -9.38. The maximum Gasteiger partial charge on any atom is 0.296 e. The maximum absolute atomic E-state index is 14.8. The lowest BCUT2D eigenvalue weighted by atomic mass is 10.1. The number of ketones is 1. The average Bonchev–Trinajstić information content (AvgIpc) is 3.46. The Morgan fingerprint density at radius 1 is 0.878 bits per heavy atom. The molecular weight excluding hydrogens is 661 g/mol. The van der Waals surface area contributed by atoms with Gasteiger partial charge in [-0.2, -0.15) is 0 Å². The molecular formula is C26H14Cl5F5N2O3. The van der Waals surface area contributed by atoms with Crippen molar-refractivity contribution in [2.75, 3.05) is 10.6 Å². The molecule has 0 saturated heterocycles. The van der Waals surface area contributed by atoms with Gasteiger partial charge in [-0.15, -0.1) is 23.2 Å². The minimum atomic E-state index is -3.47. The molecule has 2 atom stereocenters. The van der Waals surface area contributed by atoms with Crippen LogP contribution in [-0.2, 0) is 16.0 Å². The van der Waals surface area contributed by atoms with Gasteiger partial charge in [0.2, 0.25) is 11.7 Å². The summed E-state index contributed by atoms with van der Waals surface area (Å²) in [5.41, 5.74) is -2.05. The molecule has 0 radical (unpaired) electrons. The number of benzene rings is 3. The van der Waals surface area contributed by atoms with Crippen LogP contribution in [0.25, 0.3) is 0 Å². The van der Waals surface area contributed by atoms with Gasteiger partial charge >= 0.3 is 0 Å². The van der Waals surface area contributed by atoms with Gasteiger partial charge in [0.05, 0.1) is 22.2 Å². The van der Waals surface area contributed by atoms with Crippen LogP contribution >= 0.6 is 58.0 Å². The third kappa shape index (κ3) is 6.57. The van der Waals surface area contributed by atoms with Crippen molar-refractivity contribution in [3.63, 3.8) is 0 Å². The minimum absolute atomic E-state index is 0.247. The first-order chi connectivity index (χ1) is 19.1. The van der Waals surface area contributed by atoms with Gasteiger partial charge in [-0.1, -0.05) is 34.8 Å². The molecule has 2 N–H and O–H groups in total.